The van der Waals surface area contributed by atoms with Gasteiger partial charge in [-0.05, 0) is 31.6 Å². The molecule has 1 aromatic rings. The molecule has 49 heavy (non-hydrogen) atoms. The molecular weight excluding hydrogens is 634 g/mol. The van der Waals surface area contributed by atoms with Crippen LogP contribution in [-0.4, -0.2) is 76.8 Å². The van der Waals surface area contributed by atoms with Crippen LogP contribution in [0.15, 0.2) is 54.0 Å². The fourth-order valence-corrected chi connectivity index (χ4v) is 6.56. The number of hydrogen-bond acceptors (Lipinski definition) is 11. The van der Waals surface area contributed by atoms with Crippen molar-refractivity contribution in [1.82, 2.24) is 5.32 Å². The van der Waals surface area contributed by atoms with E-state index in [9.17, 15) is 34.2 Å². The number of aliphatic hydroxyl groups is 2. The Kier molecular flexibility index (Phi) is 11.2. The maximum atomic E-state index is 13.8. The number of esters is 1. The average Bonchev–Trinajstić information content (AvgIpc) is 3.32. The van der Waals surface area contributed by atoms with Crippen LogP contribution < -0.4 is 10.1 Å². The van der Waals surface area contributed by atoms with Crippen molar-refractivity contribution in [2.75, 3.05) is 7.11 Å². The Morgan fingerprint density at radius 2 is 1.63 bits per heavy atom. The van der Waals surface area contributed by atoms with E-state index in [0.29, 0.717) is 5.56 Å². The Balaban J connectivity index is 1.80. The zero-order valence-electron chi connectivity index (χ0n) is 29.2. The molecule has 12 heteroatoms. The Labute approximate surface area is 285 Å². The lowest BCUT2D eigenvalue weighted by atomic mass is 9.78. The number of nitrogens with one attached hydrogen (secondary N) is 1. The summed E-state index contributed by atoms with van der Waals surface area (Å²) in [4.78, 5) is 66.1. The van der Waals surface area contributed by atoms with Crippen LogP contribution in [0, 0.1) is 30.6 Å². The van der Waals surface area contributed by atoms with Gasteiger partial charge in [-0.1, -0.05) is 45.9 Å². The summed E-state index contributed by atoms with van der Waals surface area (Å²) in [6.45, 7) is 12.7. The zero-order valence-corrected chi connectivity index (χ0v) is 29.2. The van der Waals surface area contributed by atoms with Gasteiger partial charge in [0.15, 0.2) is 5.78 Å². The fourth-order valence-electron chi connectivity index (χ4n) is 6.56. The third-order valence-electron chi connectivity index (χ3n) is 9.62. The van der Waals surface area contributed by atoms with Crippen molar-refractivity contribution >= 4 is 29.2 Å². The van der Waals surface area contributed by atoms with E-state index < -0.39 is 83.1 Å². The number of hydrogen-bond donors (Lipinski definition) is 3. The number of rotatable bonds is 2. The molecule has 4 aliphatic rings. The number of carbonyl (C=O) groups is 5. The van der Waals surface area contributed by atoms with Crippen LogP contribution in [-0.2, 0) is 23.8 Å². The molecule has 0 fully saturated rings. The van der Waals surface area contributed by atoms with Crippen LogP contribution in [0.25, 0.3) is 0 Å². The van der Waals surface area contributed by atoms with Gasteiger partial charge in [0.2, 0.25) is 5.78 Å². The molecule has 3 aliphatic heterocycles. The molecule has 5 bridgehead atoms. The lowest BCUT2D eigenvalue weighted by Gasteiger charge is -2.38. The summed E-state index contributed by atoms with van der Waals surface area (Å²) in [5.41, 5.74) is 0.0858. The maximum absolute atomic E-state index is 13.8. The normalized spacial score (nSPS) is 34.9. The van der Waals surface area contributed by atoms with E-state index in [1.54, 1.807) is 46.8 Å². The van der Waals surface area contributed by atoms with Crippen molar-refractivity contribution in [1.29, 1.82) is 0 Å². The molecule has 264 valence electrons. The molecule has 1 aromatic carbocycles. The number of aliphatic hydroxyl groups excluding tert-OH is 2. The minimum absolute atomic E-state index is 0.0511. The highest BCUT2D eigenvalue weighted by Gasteiger charge is 2.50. The average molecular weight is 680 g/mol. The van der Waals surface area contributed by atoms with Crippen molar-refractivity contribution in [3.05, 3.63) is 76.2 Å². The summed E-state index contributed by atoms with van der Waals surface area (Å²) in [6.07, 6.45) is 4.74. The number of fused-ring (bicyclic) bond motifs is 14. The molecule has 12 nitrogen and oxygen atoms in total. The molecular formula is C37H45NO11. The van der Waals surface area contributed by atoms with Gasteiger partial charge in [-0.2, -0.15) is 0 Å². The Hall–Kier alpha value is -4.39. The second-order valence-corrected chi connectivity index (χ2v) is 13.3. The monoisotopic (exact) mass is 679 g/mol. The standard InChI is InChI=1S/C37H45NO11/c1-17-11-10-12-18(2)36(45)38-25-16-26(40)28-24(32(25)43)15-19(3)33-29(28)35(44)37(8,49-33)47-14-13-27(46-9)20(4)34(48-23(7)39)22(6)31(42)21(5)30(17)41/h10-17,20-22,27,30-31,34,41-42H,1-9H3,(H,38,45)/b11-10+,14-13+,18-12-/t17-,20+,21+,22+,27-,30-,31+,34+,37-/m0/s1. The largest absolute Gasteiger partial charge is 0.462 e. The third kappa shape index (κ3) is 7.31. The SMILES string of the molecule is CO[C@H]1/C=C/O[C@@]2(C)Oc3c(C)cc4c(c3C2=O)C(=O)C=C(NC(=O)/C(C)=C\C=C\[C@H](C)[C@H](O)[C@@H](C)[C@@H](O)[C@@H](C)[C@H](OC(C)=O)[C@@H]1C)C4=O. The molecule has 0 unspecified atom stereocenters. The Morgan fingerprint density at radius 1 is 0.959 bits per heavy atom. The number of benzene rings is 1. The zero-order chi connectivity index (χ0) is 36.5. The quantitative estimate of drug-likeness (QED) is 0.387. The van der Waals surface area contributed by atoms with Crippen molar-refractivity contribution in [2.45, 2.75) is 85.6 Å². The van der Waals surface area contributed by atoms with Gasteiger partial charge < -0.3 is 34.5 Å². The van der Waals surface area contributed by atoms with Crippen LogP contribution in [0.3, 0.4) is 0 Å². The molecule has 0 spiro atoms. The first-order chi connectivity index (χ1) is 22.9. The van der Waals surface area contributed by atoms with E-state index in [0.717, 1.165) is 6.08 Å². The first kappa shape index (κ1) is 37.4. The van der Waals surface area contributed by atoms with Gasteiger partial charge in [0.05, 0.1) is 35.8 Å². The molecule has 0 aromatic heterocycles. The lowest BCUT2D eigenvalue weighted by molar-refractivity contribution is -0.160. The summed E-state index contributed by atoms with van der Waals surface area (Å²) in [5, 5.41) is 25.0. The summed E-state index contributed by atoms with van der Waals surface area (Å²) in [6, 6.07) is 1.44. The summed E-state index contributed by atoms with van der Waals surface area (Å²) in [7, 11) is 1.44. The molecule has 0 saturated heterocycles. The van der Waals surface area contributed by atoms with E-state index in [1.165, 1.54) is 52.4 Å². The van der Waals surface area contributed by atoms with E-state index in [2.05, 4.69) is 5.32 Å². The van der Waals surface area contributed by atoms with Crippen molar-refractivity contribution in [3.63, 3.8) is 0 Å². The predicted molar refractivity (Wildman–Crippen MR) is 178 cm³/mol. The number of ether oxygens (including phenoxy) is 4. The second-order valence-electron chi connectivity index (χ2n) is 13.3. The van der Waals surface area contributed by atoms with Gasteiger partial charge in [-0.25, -0.2) is 0 Å². The molecule has 1 aliphatic carbocycles. The predicted octanol–water partition coefficient (Wildman–Crippen LogP) is 3.92. The summed E-state index contributed by atoms with van der Waals surface area (Å²) >= 11 is 0. The number of ketones is 3. The molecule has 9 atom stereocenters. The van der Waals surface area contributed by atoms with Gasteiger partial charge in [-0.15, -0.1) is 0 Å². The smallest absolute Gasteiger partial charge is 0.312 e. The van der Waals surface area contributed by atoms with E-state index in [1.807, 2.05) is 0 Å². The number of amides is 1. The highest BCUT2D eigenvalue weighted by molar-refractivity contribution is 6.29. The fraction of sp³-hybridized carbons (Fsp3) is 0.486. The summed E-state index contributed by atoms with van der Waals surface area (Å²) in [5.74, 6) is -7.34. The molecule has 0 saturated carbocycles. The lowest BCUT2D eigenvalue weighted by Crippen LogP contribution is -2.46. The van der Waals surface area contributed by atoms with Crippen molar-refractivity contribution in [3.8, 4) is 5.75 Å². The first-order valence-electron chi connectivity index (χ1n) is 16.2. The van der Waals surface area contributed by atoms with Crippen molar-refractivity contribution in [2.24, 2.45) is 23.7 Å². The van der Waals surface area contributed by atoms with Crippen LogP contribution in [0.5, 0.6) is 5.75 Å². The van der Waals surface area contributed by atoms with Crippen molar-refractivity contribution < 1.29 is 53.1 Å². The van der Waals surface area contributed by atoms with E-state index in [-0.39, 0.29) is 33.7 Å². The van der Waals surface area contributed by atoms with Crippen LogP contribution in [0.2, 0.25) is 0 Å². The third-order valence-corrected chi connectivity index (χ3v) is 9.62. The highest BCUT2D eigenvalue weighted by Crippen LogP contribution is 2.43. The molecule has 5 rings (SSSR count). The second kappa shape index (κ2) is 14.6. The number of allylic oxidation sites excluding steroid dienone is 4. The number of aryl methyl sites for hydroxylation is 1. The van der Waals surface area contributed by atoms with Gasteiger partial charge in [0, 0.05) is 67.4 Å². The van der Waals surface area contributed by atoms with Gasteiger partial charge >= 0.3 is 11.8 Å². The molecule has 0 radical (unpaired) electrons. The molecule has 3 heterocycles. The van der Waals surface area contributed by atoms with Gasteiger partial charge in [0.1, 0.15) is 11.9 Å². The van der Waals surface area contributed by atoms with Crippen LogP contribution in [0.1, 0.15) is 85.1 Å². The van der Waals surface area contributed by atoms with Crippen LogP contribution >= 0.6 is 0 Å². The molecule has 3 N–H and O–H groups in total. The number of carbonyl (C=O) groups excluding carboxylic acids is 5. The molecule has 1 amide bonds. The first-order valence-corrected chi connectivity index (χ1v) is 16.2. The number of Topliss-reactive ketones (excluding diaryl/α,β-unsaturated/α-hetero) is 2. The Bertz CT molecular complexity index is 1670. The van der Waals surface area contributed by atoms with Gasteiger partial charge in [-0.3, -0.25) is 24.0 Å². The minimum Gasteiger partial charge on any atom is -0.462 e. The van der Waals surface area contributed by atoms with E-state index >= 15 is 0 Å². The maximum Gasteiger partial charge on any atom is 0.312 e. The van der Waals surface area contributed by atoms with E-state index in [4.69, 9.17) is 18.9 Å². The highest BCUT2D eigenvalue weighted by atomic mass is 16.7. The minimum atomic E-state index is -1.91. The Morgan fingerprint density at radius 3 is 2.27 bits per heavy atom. The van der Waals surface area contributed by atoms with Gasteiger partial charge in [0.25, 0.3) is 11.7 Å². The van der Waals surface area contributed by atoms with Crippen LogP contribution in [0.4, 0.5) is 0 Å². The topological polar surface area (TPSA) is 175 Å². The number of methoxy groups -OCH3 is 1. The summed E-state index contributed by atoms with van der Waals surface area (Å²) < 4.78 is 23.2.